The van der Waals surface area contributed by atoms with Gasteiger partial charge in [-0.1, -0.05) is 11.6 Å². The molecule has 1 fully saturated rings. The normalized spacial score (nSPS) is 22.4. The zero-order chi connectivity index (χ0) is 9.10. The Kier molecular flexibility index (Phi) is 3.55. The SMILES string of the molecule is Clc1ccsc1CNC1CCSC1. The number of hydrogen-bond acceptors (Lipinski definition) is 3. The summed E-state index contributed by atoms with van der Waals surface area (Å²) in [5.74, 6) is 2.55. The van der Waals surface area contributed by atoms with Gasteiger partial charge in [0.05, 0.1) is 5.02 Å². The second-order valence-electron chi connectivity index (χ2n) is 3.13. The molecule has 1 nitrogen and oxygen atoms in total. The maximum Gasteiger partial charge on any atom is 0.0558 e. The van der Waals surface area contributed by atoms with Crippen LogP contribution in [0.1, 0.15) is 11.3 Å². The molecular weight excluding hydrogens is 222 g/mol. The first kappa shape index (κ1) is 9.84. The molecule has 13 heavy (non-hydrogen) atoms. The Morgan fingerprint density at radius 1 is 1.62 bits per heavy atom. The highest BCUT2D eigenvalue weighted by atomic mass is 35.5. The summed E-state index contributed by atoms with van der Waals surface area (Å²) in [5.41, 5.74) is 0. The molecule has 4 heteroatoms. The molecule has 1 N–H and O–H groups in total. The van der Waals surface area contributed by atoms with Gasteiger partial charge in [-0.05, 0) is 23.6 Å². The van der Waals surface area contributed by atoms with E-state index < -0.39 is 0 Å². The van der Waals surface area contributed by atoms with E-state index >= 15 is 0 Å². The molecule has 2 heterocycles. The smallest absolute Gasteiger partial charge is 0.0558 e. The number of halogens is 1. The molecule has 0 spiro atoms. The standard InChI is InChI=1S/C9H12ClNS2/c10-8-2-4-13-9(8)5-11-7-1-3-12-6-7/h2,4,7,11H,1,3,5-6H2. The molecule has 0 saturated carbocycles. The fourth-order valence-electron chi connectivity index (χ4n) is 1.38. The van der Waals surface area contributed by atoms with Gasteiger partial charge >= 0.3 is 0 Å². The highest BCUT2D eigenvalue weighted by Gasteiger charge is 2.14. The maximum atomic E-state index is 5.99. The maximum absolute atomic E-state index is 5.99. The minimum absolute atomic E-state index is 0.697. The van der Waals surface area contributed by atoms with Crippen molar-refractivity contribution in [2.45, 2.75) is 19.0 Å². The zero-order valence-electron chi connectivity index (χ0n) is 7.25. The summed E-state index contributed by atoms with van der Waals surface area (Å²) < 4.78 is 0. The molecule has 0 aliphatic carbocycles. The van der Waals surface area contributed by atoms with Crippen molar-refractivity contribution in [3.63, 3.8) is 0 Å². The number of thiophene rings is 1. The Hall–Kier alpha value is 0.300. The lowest BCUT2D eigenvalue weighted by Gasteiger charge is -2.09. The van der Waals surface area contributed by atoms with Crippen LogP contribution in [-0.2, 0) is 6.54 Å². The van der Waals surface area contributed by atoms with Gasteiger partial charge in [0, 0.05) is 23.2 Å². The first-order chi connectivity index (χ1) is 6.36. The van der Waals surface area contributed by atoms with Crippen molar-refractivity contribution in [1.82, 2.24) is 5.32 Å². The first-order valence-corrected chi connectivity index (χ1v) is 6.80. The quantitative estimate of drug-likeness (QED) is 0.862. The van der Waals surface area contributed by atoms with Crippen molar-refractivity contribution in [3.8, 4) is 0 Å². The molecule has 1 unspecified atom stereocenters. The van der Waals surface area contributed by atoms with Crippen LogP contribution < -0.4 is 5.32 Å². The molecule has 0 amide bonds. The summed E-state index contributed by atoms with van der Waals surface area (Å²) in [4.78, 5) is 1.26. The minimum Gasteiger partial charge on any atom is -0.308 e. The van der Waals surface area contributed by atoms with Crippen molar-refractivity contribution in [3.05, 3.63) is 21.3 Å². The first-order valence-electron chi connectivity index (χ1n) is 4.39. The summed E-state index contributed by atoms with van der Waals surface area (Å²) in [6.07, 6.45) is 1.30. The van der Waals surface area contributed by atoms with E-state index in [1.54, 1.807) is 11.3 Å². The van der Waals surface area contributed by atoms with E-state index in [4.69, 9.17) is 11.6 Å². The molecule has 1 aromatic heterocycles. The average Bonchev–Trinajstić information content (AvgIpc) is 2.72. The van der Waals surface area contributed by atoms with Crippen LogP contribution in [0.15, 0.2) is 11.4 Å². The van der Waals surface area contributed by atoms with Crippen LogP contribution in [-0.4, -0.2) is 17.5 Å². The van der Waals surface area contributed by atoms with Crippen LogP contribution in [0.5, 0.6) is 0 Å². The Balaban J connectivity index is 1.82. The van der Waals surface area contributed by atoms with Crippen molar-refractivity contribution in [2.24, 2.45) is 0 Å². The Morgan fingerprint density at radius 3 is 3.15 bits per heavy atom. The van der Waals surface area contributed by atoms with E-state index in [0.717, 1.165) is 11.6 Å². The van der Waals surface area contributed by atoms with Gasteiger partial charge in [-0.25, -0.2) is 0 Å². The van der Waals surface area contributed by atoms with E-state index in [0.29, 0.717) is 6.04 Å². The predicted octanol–water partition coefficient (Wildman–Crippen LogP) is 3.00. The lowest BCUT2D eigenvalue weighted by molar-refractivity contribution is 0.561. The van der Waals surface area contributed by atoms with E-state index in [1.165, 1.54) is 22.8 Å². The van der Waals surface area contributed by atoms with Crippen LogP contribution in [0, 0.1) is 0 Å². The Morgan fingerprint density at radius 2 is 2.54 bits per heavy atom. The average molecular weight is 234 g/mol. The lowest BCUT2D eigenvalue weighted by Crippen LogP contribution is -2.27. The summed E-state index contributed by atoms with van der Waals surface area (Å²) in [6, 6.07) is 2.66. The van der Waals surface area contributed by atoms with Gasteiger partial charge < -0.3 is 5.32 Å². The minimum atomic E-state index is 0.697. The molecule has 1 saturated heterocycles. The molecule has 72 valence electrons. The summed E-state index contributed by atoms with van der Waals surface area (Å²) in [7, 11) is 0. The third-order valence-corrected chi connectivity index (χ3v) is 4.72. The molecule has 1 aliphatic rings. The number of nitrogens with one attached hydrogen (secondary N) is 1. The van der Waals surface area contributed by atoms with Gasteiger partial charge in [0.2, 0.25) is 0 Å². The van der Waals surface area contributed by atoms with Gasteiger partial charge in [-0.2, -0.15) is 11.8 Å². The van der Waals surface area contributed by atoms with Crippen molar-refractivity contribution < 1.29 is 0 Å². The van der Waals surface area contributed by atoms with Crippen LogP contribution in [0.2, 0.25) is 5.02 Å². The van der Waals surface area contributed by atoms with Crippen LogP contribution >= 0.6 is 34.7 Å². The zero-order valence-corrected chi connectivity index (χ0v) is 9.64. The van der Waals surface area contributed by atoms with Crippen molar-refractivity contribution in [1.29, 1.82) is 0 Å². The van der Waals surface area contributed by atoms with Crippen molar-refractivity contribution in [2.75, 3.05) is 11.5 Å². The molecule has 0 radical (unpaired) electrons. The highest BCUT2D eigenvalue weighted by Crippen LogP contribution is 2.23. The van der Waals surface area contributed by atoms with Crippen LogP contribution in [0.25, 0.3) is 0 Å². The van der Waals surface area contributed by atoms with Crippen LogP contribution in [0.3, 0.4) is 0 Å². The number of rotatable bonds is 3. The van der Waals surface area contributed by atoms with E-state index in [9.17, 15) is 0 Å². The second kappa shape index (κ2) is 4.69. The number of thioether (sulfide) groups is 1. The molecule has 1 atom stereocenters. The summed E-state index contributed by atoms with van der Waals surface area (Å²) in [6.45, 7) is 0.932. The second-order valence-corrected chi connectivity index (χ2v) is 5.69. The largest absolute Gasteiger partial charge is 0.308 e. The van der Waals surface area contributed by atoms with Crippen molar-refractivity contribution >= 4 is 34.7 Å². The molecule has 2 rings (SSSR count). The topological polar surface area (TPSA) is 12.0 Å². The molecule has 0 bridgehead atoms. The monoisotopic (exact) mass is 233 g/mol. The highest BCUT2D eigenvalue weighted by molar-refractivity contribution is 7.99. The van der Waals surface area contributed by atoms with E-state index in [2.05, 4.69) is 5.32 Å². The van der Waals surface area contributed by atoms with E-state index in [1.807, 2.05) is 23.2 Å². The Labute approximate surface area is 91.9 Å². The van der Waals surface area contributed by atoms with Gasteiger partial charge in [-0.3, -0.25) is 0 Å². The third-order valence-electron chi connectivity index (χ3n) is 2.17. The molecule has 1 aliphatic heterocycles. The van der Waals surface area contributed by atoms with Gasteiger partial charge in [0.15, 0.2) is 0 Å². The van der Waals surface area contributed by atoms with Gasteiger partial charge in [0.1, 0.15) is 0 Å². The molecule has 1 aromatic rings. The lowest BCUT2D eigenvalue weighted by atomic mass is 10.2. The predicted molar refractivity (Wildman–Crippen MR) is 61.9 cm³/mol. The Bertz CT molecular complexity index is 268. The third kappa shape index (κ3) is 2.62. The van der Waals surface area contributed by atoms with Crippen LogP contribution in [0.4, 0.5) is 0 Å². The summed E-state index contributed by atoms with van der Waals surface area (Å²) >= 11 is 9.75. The molecule has 0 aromatic carbocycles. The fourth-order valence-corrected chi connectivity index (χ4v) is 3.62. The van der Waals surface area contributed by atoms with Gasteiger partial charge in [-0.15, -0.1) is 11.3 Å². The van der Waals surface area contributed by atoms with Gasteiger partial charge in [0.25, 0.3) is 0 Å². The summed E-state index contributed by atoms with van der Waals surface area (Å²) in [5, 5.41) is 6.48. The van der Waals surface area contributed by atoms with E-state index in [-0.39, 0.29) is 0 Å². The fraction of sp³-hybridized carbons (Fsp3) is 0.556. The molecular formula is C9H12ClNS2. The number of hydrogen-bond donors (Lipinski definition) is 1.